The Balaban J connectivity index is 1.83. The fraction of sp³-hybridized carbons (Fsp3) is 0.214. The standard InChI is InChI=1S/C14H13ClN2O3/c15-13-11(14(18)19)9-16-12(17-13)7-4-8-20-10-5-2-1-3-6-10/h1-3,5-6,9H,4,7-8H2,(H,18,19). The van der Waals surface area contributed by atoms with Crippen LogP contribution in [-0.2, 0) is 6.42 Å². The summed E-state index contributed by atoms with van der Waals surface area (Å²) in [6.45, 7) is 0.533. The van der Waals surface area contributed by atoms with Crippen molar-refractivity contribution >= 4 is 17.6 Å². The molecule has 0 saturated carbocycles. The molecule has 6 heteroatoms. The Morgan fingerprint density at radius 2 is 2.05 bits per heavy atom. The van der Waals surface area contributed by atoms with Gasteiger partial charge in [0.05, 0.1) is 6.61 Å². The molecule has 2 aromatic rings. The molecule has 0 saturated heterocycles. The Morgan fingerprint density at radius 3 is 2.70 bits per heavy atom. The van der Waals surface area contributed by atoms with Gasteiger partial charge in [-0.3, -0.25) is 0 Å². The molecule has 0 aliphatic carbocycles. The zero-order chi connectivity index (χ0) is 14.4. The SMILES string of the molecule is O=C(O)c1cnc(CCCOc2ccccc2)nc1Cl. The minimum atomic E-state index is -1.13. The van der Waals surface area contributed by atoms with Crippen molar-refractivity contribution < 1.29 is 14.6 Å². The highest BCUT2D eigenvalue weighted by Gasteiger charge is 2.11. The number of hydrogen-bond donors (Lipinski definition) is 1. The summed E-state index contributed by atoms with van der Waals surface area (Å²) in [6.07, 6.45) is 2.52. The van der Waals surface area contributed by atoms with Gasteiger partial charge in [0.15, 0.2) is 0 Å². The van der Waals surface area contributed by atoms with Crippen molar-refractivity contribution in [3.8, 4) is 5.75 Å². The lowest BCUT2D eigenvalue weighted by molar-refractivity contribution is 0.0696. The molecule has 0 fully saturated rings. The number of benzene rings is 1. The first-order valence-electron chi connectivity index (χ1n) is 6.09. The highest BCUT2D eigenvalue weighted by atomic mass is 35.5. The highest BCUT2D eigenvalue weighted by Crippen LogP contribution is 2.13. The van der Waals surface area contributed by atoms with Crippen LogP contribution >= 0.6 is 11.6 Å². The van der Waals surface area contributed by atoms with E-state index in [9.17, 15) is 4.79 Å². The van der Waals surface area contributed by atoms with Gasteiger partial charge in [-0.15, -0.1) is 0 Å². The predicted molar refractivity (Wildman–Crippen MR) is 74.3 cm³/mol. The lowest BCUT2D eigenvalue weighted by atomic mass is 10.3. The molecule has 104 valence electrons. The van der Waals surface area contributed by atoms with Crippen LogP contribution in [0, 0.1) is 0 Å². The van der Waals surface area contributed by atoms with Crippen LogP contribution in [-0.4, -0.2) is 27.7 Å². The van der Waals surface area contributed by atoms with Crippen LogP contribution in [0.2, 0.25) is 5.15 Å². The number of carbonyl (C=O) groups is 1. The smallest absolute Gasteiger partial charge is 0.340 e. The van der Waals surface area contributed by atoms with Crippen molar-refractivity contribution in [3.05, 3.63) is 53.1 Å². The number of aromatic nitrogens is 2. The van der Waals surface area contributed by atoms with Gasteiger partial charge in [-0.25, -0.2) is 14.8 Å². The molecule has 0 radical (unpaired) electrons. The van der Waals surface area contributed by atoms with E-state index in [0.29, 0.717) is 18.9 Å². The molecule has 0 aliphatic rings. The second kappa shape index (κ2) is 6.86. The molecular formula is C14H13ClN2O3. The van der Waals surface area contributed by atoms with Crippen molar-refractivity contribution in [1.82, 2.24) is 9.97 Å². The number of aromatic carboxylic acids is 1. The number of para-hydroxylation sites is 1. The average molecular weight is 293 g/mol. The van der Waals surface area contributed by atoms with E-state index in [1.807, 2.05) is 30.3 Å². The molecule has 0 spiro atoms. The lowest BCUT2D eigenvalue weighted by Crippen LogP contribution is -2.06. The molecule has 5 nitrogen and oxygen atoms in total. The number of ether oxygens (including phenoxy) is 1. The molecule has 0 bridgehead atoms. The summed E-state index contributed by atoms with van der Waals surface area (Å²) >= 11 is 5.77. The monoisotopic (exact) mass is 292 g/mol. The average Bonchev–Trinajstić information content (AvgIpc) is 2.44. The lowest BCUT2D eigenvalue weighted by Gasteiger charge is -2.05. The second-order valence-electron chi connectivity index (χ2n) is 4.06. The van der Waals surface area contributed by atoms with Gasteiger partial charge in [0.1, 0.15) is 22.3 Å². The minimum Gasteiger partial charge on any atom is -0.494 e. The number of rotatable bonds is 6. The van der Waals surface area contributed by atoms with Crippen LogP contribution in [0.15, 0.2) is 36.5 Å². The third-order valence-electron chi connectivity index (χ3n) is 2.58. The molecule has 0 unspecified atom stereocenters. The van der Waals surface area contributed by atoms with Crippen LogP contribution in [0.1, 0.15) is 22.6 Å². The van der Waals surface area contributed by atoms with E-state index < -0.39 is 5.97 Å². The zero-order valence-electron chi connectivity index (χ0n) is 10.6. The fourth-order valence-electron chi connectivity index (χ4n) is 1.60. The van der Waals surface area contributed by atoms with Crippen LogP contribution < -0.4 is 4.74 Å². The summed E-state index contributed by atoms with van der Waals surface area (Å²) in [4.78, 5) is 18.7. The number of halogens is 1. The van der Waals surface area contributed by atoms with E-state index in [0.717, 1.165) is 12.2 Å². The van der Waals surface area contributed by atoms with Gasteiger partial charge in [-0.05, 0) is 18.6 Å². The maximum Gasteiger partial charge on any atom is 0.340 e. The Hall–Kier alpha value is -2.14. The van der Waals surface area contributed by atoms with E-state index in [1.54, 1.807) is 0 Å². The molecule has 1 heterocycles. The van der Waals surface area contributed by atoms with Crippen molar-refractivity contribution in [1.29, 1.82) is 0 Å². The highest BCUT2D eigenvalue weighted by molar-refractivity contribution is 6.32. The van der Waals surface area contributed by atoms with Crippen LogP contribution in [0.3, 0.4) is 0 Å². The topological polar surface area (TPSA) is 72.3 Å². The molecule has 0 aliphatic heterocycles. The fourth-order valence-corrected chi connectivity index (χ4v) is 1.82. The van der Waals surface area contributed by atoms with E-state index in [4.69, 9.17) is 21.4 Å². The maximum atomic E-state index is 10.8. The summed E-state index contributed by atoms with van der Waals surface area (Å²) in [6, 6.07) is 9.50. The van der Waals surface area contributed by atoms with Gasteiger partial charge >= 0.3 is 5.97 Å². The summed E-state index contributed by atoms with van der Waals surface area (Å²) in [5.41, 5.74) is -0.0871. The normalized spacial score (nSPS) is 10.2. The second-order valence-corrected chi connectivity index (χ2v) is 4.42. The van der Waals surface area contributed by atoms with E-state index in [1.165, 1.54) is 6.20 Å². The van der Waals surface area contributed by atoms with Gasteiger partial charge in [-0.2, -0.15) is 0 Å². The summed E-state index contributed by atoms with van der Waals surface area (Å²) in [7, 11) is 0. The molecule has 1 aromatic heterocycles. The molecule has 1 N–H and O–H groups in total. The molecular weight excluding hydrogens is 280 g/mol. The Kier molecular flexibility index (Phi) is 4.90. The first-order chi connectivity index (χ1) is 9.66. The van der Waals surface area contributed by atoms with Gasteiger partial charge < -0.3 is 9.84 Å². The summed E-state index contributed by atoms with van der Waals surface area (Å²) < 4.78 is 5.54. The van der Waals surface area contributed by atoms with Crippen molar-refractivity contribution in [2.75, 3.05) is 6.61 Å². The van der Waals surface area contributed by atoms with Crippen molar-refractivity contribution in [3.63, 3.8) is 0 Å². The molecule has 1 aromatic carbocycles. The van der Waals surface area contributed by atoms with Gasteiger partial charge in [-0.1, -0.05) is 29.8 Å². The number of carboxylic acids is 1. The zero-order valence-corrected chi connectivity index (χ0v) is 11.4. The van der Waals surface area contributed by atoms with Gasteiger partial charge in [0.2, 0.25) is 0 Å². The van der Waals surface area contributed by atoms with Crippen LogP contribution in [0.25, 0.3) is 0 Å². The number of nitrogens with zero attached hydrogens (tertiary/aromatic N) is 2. The van der Waals surface area contributed by atoms with E-state index in [2.05, 4.69) is 9.97 Å². The molecule has 0 amide bonds. The molecule has 20 heavy (non-hydrogen) atoms. The Labute approximate surface area is 121 Å². The van der Waals surface area contributed by atoms with Gasteiger partial charge in [0.25, 0.3) is 0 Å². The Morgan fingerprint density at radius 1 is 1.30 bits per heavy atom. The number of hydrogen-bond acceptors (Lipinski definition) is 4. The van der Waals surface area contributed by atoms with Crippen LogP contribution in [0.5, 0.6) is 5.75 Å². The maximum absolute atomic E-state index is 10.8. The summed E-state index contributed by atoms with van der Waals surface area (Å²) in [5.74, 6) is 0.193. The van der Waals surface area contributed by atoms with E-state index in [-0.39, 0.29) is 10.7 Å². The van der Waals surface area contributed by atoms with Crippen LogP contribution in [0.4, 0.5) is 0 Å². The minimum absolute atomic E-state index is 0.0357. The van der Waals surface area contributed by atoms with E-state index >= 15 is 0 Å². The van der Waals surface area contributed by atoms with Crippen molar-refractivity contribution in [2.24, 2.45) is 0 Å². The molecule has 2 rings (SSSR count). The predicted octanol–water partition coefficient (Wildman–Crippen LogP) is 2.84. The summed E-state index contributed by atoms with van der Waals surface area (Å²) in [5, 5.41) is 8.78. The largest absolute Gasteiger partial charge is 0.494 e. The third-order valence-corrected chi connectivity index (χ3v) is 2.87. The van der Waals surface area contributed by atoms with Gasteiger partial charge in [0, 0.05) is 12.6 Å². The molecule has 0 atom stereocenters. The number of aryl methyl sites for hydroxylation is 1. The first-order valence-corrected chi connectivity index (χ1v) is 6.47. The quantitative estimate of drug-likeness (QED) is 0.655. The first kappa shape index (κ1) is 14.3. The number of carboxylic acid groups (broad SMARTS) is 1. The third kappa shape index (κ3) is 3.93. The Bertz CT molecular complexity index is 590. The van der Waals surface area contributed by atoms with Crippen molar-refractivity contribution in [2.45, 2.75) is 12.8 Å².